The van der Waals surface area contributed by atoms with Gasteiger partial charge in [0.05, 0.1) is 17.4 Å². The summed E-state index contributed by atoms with van der Waals surface area (Å²) >= 11 is 1.23. The summed E-state index contributed by atoms with van der Waals surface area (Å²) in [5.74, 6) is 0.551. The van der Waals surface area contributed by atoms with Gasteiger partial charge in [-0.2, -0.15) is 0 Å². The fourth-order valence-corrected chi connectivity index (χ4v) is 4.17. The summed E-state index contributed by atoms with van der Waals surface area (Å²) < 4.78 is 5.77. The van der Waals surface area contributed by atoms with Crippen molar-refractivity contribution < 1.29 is 9.21 Å². The molecule has 0 aliphatic carbocycles. The number of hydrogen-bond acceptors (Lipinski definition) is 5. The zero-order valence-electron chi connectivity index (χ0n) is 16.8. The van der Waals surface area contributed by atoms with E-state index in [2.05, 4.69) is 44.8 Å². The molecule has 2 heterocycles. The Morgan fingerprint density at radius 1 is 1.06 bits per heavy atom. The number of nitrogens with zero attached hydrogens (tertiary/aromatic N) is 2. The lowest BCUT2D eigenvalue weighted by atomic mass is 10.0. The molecule has 0 saturated heterocycles. The van der Waals surface area contributed by atoms with E-state index in [4.69, 9.17) is 4.42 Å². The average molecular weight is 429 g/mol. The zero-order chi connectivity index (χ0) is 21.2. The van der Waals surface area contributed by atoms with E-state index >= 15 is 0 Å². The van der Waals surface area contributed by atoms with Crippen molar-refractivity contribution in [2.45, 2.75) is 18.2 Å². The summed E-state index contributed by atoms with van der Waals surface area (Å²) in [4.78, 5) is 15.6. The second kappa shape index (κ2) is 8.28. The predicted octanol–water partition coefficient (Wildman–Crippen LogP) is 5.34. The van der Waals surface area contributed by atoms with Crippen LogP contribution in [0.2, 0.25) is 0 Å². The van der Waals surface area contributed by atoms with Crippen LogP contribution < -0.4 is 5.32 Å². The molecule has 0 saturated carbocycles. The maximum atomic E-state index is 12.4. The molecular formula is C24H20N4O2S. The van der Waals surface area contributed by atoms with Gasteiger partial charge in [-0.15, -0.1) is 10.2 Å². The minimum absolute atomic E-state index is 0.0856. The average Bonchev–Trinajstić information content (AvgIpc) is 3.44. The maximum absolute atomic E-state index is 12.4. The Balaban J connectivity index is 1.21. The first kappa shape index (κ1) is 19.4. The third-order valence-corrected chi connectivity index (χ3v) is 6.02. The topological polar surface area (TPSA) is 83.8 Å². The second-order valence-corrected chi connectivity index (χ2v) is 8.23. The number of hydrogen-bond donors (Lipinski definition) is 2. The Labute approximate surface area is 183 Å². The zero-order valence-corrected chi connectivity index (χ0v) is 17.6. The van der Waals surface area contributed by atoms with Crippen molar-refractivity contribution in [3.05, 3.63) is 78.5 Å². The Bertz CT molecular complexity index is 1370. The summed E-state index contributed by atoms with van der Waals surface area (Å²) in [6, 6.07) is 22.2. The predicted molar refractivity (Wildman–Crippen MR) is 123 cm³/mol. The molecule has 154 valence electrons. The molecule has 5 rings (SSSR count). The number of para-hydroxylation sites is 1. The number of benzene rings is 3. The number of aromatic nitrogens is 3. The summed E-state index contributed by atoms with van der Waals surface area (Å²) in [5.41, 5.74) is 2.92. The smallest absolute Gasteiger partial charge is 0.277 e. The van der Waals surface area contributed by atoms with E-state index < -0.39 is 0 Å². The van der Waals surface area contributed by atoms with Crippen LogP contribution in [0.3, 0.4) is 0 Å². The third-order valence-electron chi connectivity index (χ3n) is 5.20. The van der Waals surface area contributed by atoms with Crippen molar-refractivity contribution in [2.24, 2.45) is 0 Å². The van der Waals surface area contributed by atoms with E-state index in [0.717, 1.165) is 27.4 Å². The molecule has 1 unspecified atom stereocenters. The number of thioether (sulfide) groups is 1. The molecule has 0 aliphatic heterocycles. The fourth-order valence-electron chi connectivity index (χ4n) is 3.60. The number of carbonyl (C=O) groups excluding carboxylic acids is 1. The highest BCUT2D eigenvalue weighted by atomic mass is 32.2. The Morgan fingerprint density at radius 2 is 1.87 bits per heavy atom. The first-order valence-electron chi connectivity index (χ1n) is 9.98. The van der Waals surface area contributed by atoms with Gasteiger partial charge in [-0.3, -0.25) is 4.79 Å². The molecule has 31 heavy (non-hydrogen) atoms. The summed E-state index contributed by atoms with van der Waals surface area (Å²) in [6.07, 6.45) is 1.85. The number of carbonyl (C=O) groups is 1. The van der Waals surface area contributed by atoms with E-state index in [1.165, 1.54) is 17.1 Å². The van der Waals surface area contributed by atoms with Crippen LogP contribution in [-0.2, 0) is 4.79 Å². The number of H-pyrrole nitrogens is 1. The Hall–Kier alpha value is -3.58. The van der Waals surface area contributed by atoms with Gasteiger partial charge >= 0.3 is 0 Å². The Morgan fingerprint density at radius 3 is 2.77 bits per heavy atom. The van der Waals surface area contributed by atoms with E-state index in [1.807, 2.05) is 55.6 Å². The van der Waals surface area contributed by atoms with Crippen LogP contribution in [0, 0.1) is 0 Å². The molecule has 0 spiro atoms. The van der Waals surface area contributed by atoms with Crippen LogP contribution in [0.1, 0.15) is 18.5 Å². The molecule has 0 radical (unpaired) electrons. The molecule has 3 aromatic carbocycles. The molecule has 6 nitrogen and oxygen atoms in total. The van der Waals surface area contributed by atoms with Crippen LogP contribution in [0.25, 0.3) is 33.1 Å². The molecule has 5 aromatic rings. The van der Waals surface area contributed by atoms with Gasteiger partial charge in [0, 0.05) is 17.1 Å². The maximum Gasteiger partial charge on any atom is 0.277 e. The first-order chi connectivity index (χ1) is 15.2. The highest BCUT2D eigenvalue weighted by molar-refractivity contribution is 7.99. The molecule has 0 fully saturated rings. The Kier molecular flexibility index (Phi) is 5.18. The van der Waals surface area contributed by atoms with Crippen LogP contribution in [0.15, 0.2) is 82.6 Å². The van der Waals surface area contributed by atoms with E-state index in [0.29, 0.717) is 11.1 Å². The highest BCUT2D eigenvalue weighted by Gasteiger charge is 2.16. The van der Waals surface area contributed by atoms with E-state index in [-0.39, 0.29) is 17.7 Å². The molecule has 0 aliphatic rings. The van der Waals surface area contributed by atoms with Crippen molar-refractivity contribution in [3.8, 4) is 11.5 Å². The third kappa shape index (κ3) is 4.04. The van der Waals surface area contributed by atoms with Gasteiger partial charge in [-0.1, -0.05) is 66.4 Å². The van der Waals surface area contributed by atoms with E-state index in [1.54, 1.807) is 0 Å². The highest BCUT2D eigenvalue weighted by Crippen LogP contribution is 2.29. The van der Waals surface area contributed by atoms with Gasteiger partial charge in [0.15, 0.2) is 0 Å². The van der Waals surface area contributed by atoms with Crippen molar-refractivity contribution in [1.29, 1.82) is 0 Å². The van der Waals surface area contributed by atoms with Gasteiger partial charge < -0.3 is 14.7 Å². The lowest BCUT2D eigenvalue weighted by molar-refractivity contribution is -0.119. The molecule has 7 heteroatoms. The minimum atomic E-state index is -0.0952. The van der Waals surface area contributed by atoms with Gasteiger partial charge in [0.25, 0.3) is 11.1 Å². The minimum Gasteiger partial charge on any atom is -0.411 e. The van der Waals surface area contributed by atoms with Crippen molar-refractivity contribution >= 4 is 39.3 Å². The normalized spacial score (nSPS) is 12.3. The molecule has 2 N–H and O–H groups in total. The quantitative estimate of drug-likeness (QED) is 0.357. The fraction of sp³-hybridized carbons (Fsp3) is 0.125. The molecule has 0 bridgehead atoms. The van der Waals surface area contributed by atoms with Gasteiger partial charge in [-0.25, -0.2) is 0 Å². The lowest BCUT2D eigenvalue weighted by Gasteiger charge is -2.14. The monoisotopic (exact) mass is 428 g/mol. The molecule has 1 atom stereocenters. The summed E-state index contributed by atoms with van der Waals surface area (Å²) in [5, 5.41) is 15.0. The SMILES string of the molecule is CC(NC(=O)CSc1nnc(-c2c[nH]c3ccccc23)o1)c1ccc2ccccc2c1. The largest absolute Gasteiger partial charge is 0.411 e. The number of amides is 1. The standard InChI is InChI=1S/C24H20N4O2S/c1-15(17-11-10-16-6-2-3-7-18(16)12-17)26-22(29)14-31-24-28-27-23(30-24)20-13-25-21-9-5-4-8-19(20)21/h2-13,15,25H,14H2,1H3,(H,26,29). The van der Waals surface area contributed by atoms with Gasteiger partial charge in [0.1, 0.15) is 0 Å². The van der Waals surface area contributed by atoms with Crippen LogP contribution in [0.5, 0.6) is 0 Å². The lowest BCUT2D eigenvalue weighted by Crippen LogP contribution is -2.28. The van der Waals surface area contributed by atoms with Gasteiger partial charge in [-0.05, 0) is 35.4 Å². The number of fused-ring (bicyclic) bond motifs is 2. The molecule has 1 amide bonds. The van der Waals surface area contributed by atoms with Crippen molar-refractivity contribution in [3.63, 3.8) is 0 Å². The molecular weight excluding hydrogens is 408 g/mol. The number of nitrogens with one attached hydrogen (secondary N) is 2. The van der Waals surface area contributed by atoms with Crippen molar-refractivity contribution in [1.82, 2.24) is 20.5 Å². The first-order valence-corrected chi connectivity index (χ1v) is 11.0. The number of rotatable bonds is 6. The van der Waals surface area contributed by atoms with E-state index in [9.17, 15) is 4.79 Å². The van der Waals surface area contributed by atoms with Gasteiger partial charge in [0.2, 0.25) is 5.91 Å². The second-order valence-electron chi connectivity index (χ2n) is 7.31. The van der Waals surface area contributed by atoms with Crippen LogP contribution >= 0.6 is 11.8 Å². The summed E-state index contributed by atoms with van der Waals surface area (Å²) in [6.45, 7) is 1.98. The van der Waals surface area contributed by atoms with Crippen LogP contribution in [0.4, 0.5) is 0 Å². The van der Waals surface area contributed by atoms with Crippen LogP contribution in [-0.4, -0.2) is 26.8 Å². The molecule has 2 aromatic heterocycles. The summed E-state index contributed by atoms with van der Waals surface area (Å²) in [7, 11) is 0. The number of aromatic amines is 1. The van der Waals surface area contributed by atoms with Crippen molar-refractivity contribution in [2.75, 3.05) is 5.75 Å².